The van der Waals surface area contributed by atoms with Crippen molar-refractivity contribution < 1.29 is 14.9 Å². The van der Waals surface area contributed by atoms with Crippen molar-refractivity contribution in [2.24, 2.45) is 5.92 Å². The molecule has 0 saturated heterocycles. The summed E-state index contributed by atoms with van der Waals surface area (Å²) < 4.78 is 5.02. The van der Waals surface area contributed by atoms with Crippen LogP contribution in [0.1, 0.15) is 6.42 Å². The smallest absolute Gasteiger partial charge is 0.0982 e. The zero-order valence-corrected chi connectivity index (χ0v) is 6.60. The first-order valence-electron chi connectivity index (χ1n) is 3.78. The number of hydrogen-bond acceptors (Lipinski definition) is 3. The number of aliphatic hydroxyl groups is 2. The van der Waals surface area contributed by atoms with Crippen LogP contribution in [0.15, 0.2) is 12.2 Å². The molecule has 0 bridgehead atoms. The van der Waals surface area contributed by atoms with E-state index in [1.807, 2.05) is 6.08 Å². The lowest BCUT2D eigenvalue weighted by Crippen LogP contribution is -2.32. The molecule has 0 aromatic heterocycles. The summed E-state index contributed by atoms with van der Waals surface area (Å²) in [6.07, 6.45) is 3.54. The van der Waals surface area contributed by atoms with E-state index in [-0.39, 0.29) is 18.6 Å². The highest BCUT2D eigenvalue weighted by Crippen LogP contribution is 2.19. The van der Waals surface area contributed by atoms with Gasteiger partial charge in [0, 0.05) is 19.6 Å². The van der Waals surface area contributed by atoms with Gasteiger partial charge >= 0.3 is 0 Å². The van der Waals surface area contributed by atoms with Gasteiger partial charge in [-0.15, -0.1) is 0 Å². The average Bonchev–Trinajstić information content (AvgIpc) is 2.05. The molecule has 0 aromatic rings. The average molecular weight is 158 g/mol. The van der Waals surface area contributed by atoms with Crippen molar-refractivity contribution in [2.45, 2.75) is 18.6 Å². The van der Waals surface area contributed by atoms with Gasteiger partial charge in [-0.05, 0) is 6.42 Å². The summed E-state index contributed by atoms with van der Waals surface area (Å²) >= 11 is 0. The predicted molar refractivity (Wildman–Crippen MR) is 41.1 cm³/mol. The molecule has 0 heterocycles. The third-order valence-corrected chi connectivity index (χ3v) is 2.03. The minimum Gasteiger partial charge on any atom is -0.396 e. The van der Waals surface area contributed by atoms with Crippen LogP contribution in [0, 0.1) is 5.92 Å². The fourth-order valence-corrected chi connectivity index (χ4v) is 1.28. The molecular formula is C8H14O3. The highest BCUT2D eigenvalue weighted by Gasteiger charge is 2.23. The van der Waals surface area contributed by atoms with Gasteiger partial charge in [0.15, 0.2) is 0 Å². The Morgan fingerprint density at radius 2 is 2.27 bits per heavy atom. The molecule has 0 saturated carbocycles. The predicted octanol–water partition coefficient (Wildman–Crippen LogP) is -0.0693. The van der Waals surface area contributed by atoms with Crippen molar-refractivity contribution in [3.63, 3.8) is 0 Å². The molecule has 0 amide bonds. The minimum absolute atomic E-state index is 0.128. The summed E-state index contributed by atoms with van der Waals surface area (Å²) in [4.78, 5) is 0. The first-order valence-corrected chi connectivity index (χ1v) is 3.78. The standard InChI is InChI=1S/C8H14O3/c1-11-8-4-6(5-9)2-3-7(8)10/h2-3,6-10H,4-5H2,1H3. The van der Waals surface area contributed by atoms with Crippen molar-refractivity contribution in [1.82, 2.24) is 0 Å². The Balaban J connectivity index is 2.52. The van der Waals surface area contributed by atoms with E-state index in [1.54, 1.807) is 13.2 Å². The van der Waals surface area contributed by atoms with Gasteiger partial charge in [-0.2, -0.15) is 0 Å². The summed E-state index contributed by atoms with van der Waals surface area (Å²) in [5, 5.41) is 18.1. The third kappa shape index (κ3) is 2.02. The Morgan fingerprint density at radius 1 is 1.55 bits per heavy atom. The van der Waals surface area contributed by atoms with Crippen LogP contribution in [0.5, 0.6) is 0 Å². The van der Waals surface area contributed by atoms with Gasteiger partial charge in [0.2, 0.25) is 0 Å². The quantitative estimate of drug-likeness (QED) is 0.553. The summed E-state index contributed by atoms with van der Waals surface area (Å²) in [6.45, 7) is 0.128. The number of rotatable bonds is 2. The molecule has 11 heavy (non-hydrogen) atoms. The SMILES string of the molecule is COC1CC(CO)C=CC1O. The van der Waals surface area contributed by atoms with Crippen LogP contribution in [-0.2, 0) is 4.74 Å². The number of hydrogen-bond donors (Lipinski definition) is 2. The first kappa shape index (κ1) is 8.71. The molecular weight excluding hydrogens is 144 g/mol. The molecule has 1 aliphatic carbocycles. The van der Waals surface area contributed by atoms with E-state index < -0.39 is 6.10 Å². The second kappa shape index (κ2) is 3.85. The summed E-state index contributed by atoms with van der Waals surface area (Å²) in [7, 11) is 1.57. The molecule has 3 heteroatoms. The molecule has 64 valence electrons. The van der Waals surface area contributed by atoms with Gasteiger partial charge in [-0.3, -0.25) is 0 Å². The molecule has 0 aliphatic heterocycles. The zero-order chi connectivity index (χ0) is 8.27. The molecule has 0 radical (unpaired) electrons. The van der Waals surface area contributed by atoms with Gasteiger partial charge in [-0.25, -0.2) is 0 Å². The van der Waals surface area contributed by atoms with Crippen LogP contribution in [0.4, 0.5) is 0 Å². The highest BCUT2D eigenvalue weighted by atomic mass is 16.5. The third-order valence-electron chi connectivity index (χ3n) is 2.03. The molecule has 3 unspecified atom stereocenters. The van der Waals surface area contributed by atoms with Gasteiger partial charge in [0.1, 0.15) is 0 Å². The van der Waals surface area contributed by atoms with Gasteiger partial charge < -0.3 is 14.9 Å². The molecule has 2 N–H and O–H groups in total. The van der Waals surface area contributed by atoms with Gasteiger partial charge in [-0.1, -0.05) is 12.2 Å². The highest BCUT2D eigenvalue weighted by molar-refractivity contribution is 5.02. The van der Waals surface area contributed by atoms with E-state index in [9.17, 15) is 5.11 Å². The summed E-state index contributed by atoms with van der Waals surface area (Å²) in [5.74, 6) is 0.142. The van der Waals surface area contributed by atoms with Crippen LogP contribution in [0.25, 0.3) is 0 Å². The molecule has 3 atom stereocenters. The molecule has 0 aromatic carbocycles. The summed E-state index contributed by atoms with van der Waals surface area (Å²) in [6, 6.07) is 0. The Morgan fingerprint density at radius 3 is 2.82 bits per heavy atom. The van der Waals surface area contributed by atoms with Crippen LogP contribution in [-0.4, -0.2) is 36.1 Å². The van der Waals surface area contributed by atoms with Crippen molar-refractivity contribution >= 4 is 0 Å². The second-order valence-corrected chi connectivity index (χ2v) is 2.83. The lowest BCUT2D eigenvalue weighted by molar-refractivity contribution is -0.00973. The lowest BCUT2D eigenvalue weighted by atomic mass is 9.92. The van der Waals surface area contributed by atoms with E-state index >= 15 is 0 Å². The van der Waals surface area contributed by atoms with E-state index in [0.717, 1.165) is 0 Å². The maximum Gasteiger partial charge on any atom is 0.0982 e. The lowest BCUT2D eigenvalue weighted by Gasteiger charge is -2.26. The topological polar surface area (TPSA) is 49.7 Å². The van der Waals surface area contributed by atoms with Gasteiger partial charge in [0.05, 0.1) is 12.2 Å². The van der Waals surface area contributed by atoms with Crippen LogP contribution in [0.2, 0.25) is 0 Å². The fraction of sp³-hybridized carbons (Fsp3) is 0.750. The molecule has 0 spiro atoms. The molecule has 3 nitrogen and oxygen atoms in total. The maximum atomic E-state index is 9.29. The van der Waals surface area contributed by atoms with Crippen LogP contribution >= 0.6 is 0 Å². The van der Waals surface area contributed by atoms with Crippen molar-refractivity contribution in [3.8, 4) is 0 Å². The number of ether oxygens (including phenoxy) is 1. The Labute approximate surface area is 66.3 Å². The number of aliphatic hydroxyl groups excluding tert-OH is 2. The maximum absolute atomic E-state index is 9.29. The summed E-state index contributed by atoms with van der Waals surface area (Å²) in [5.41, 5.74) is 0. The van der Waals surface area contributed by atoms with Crippen LogP contribution < -0.4 is 0 Å². The van der Waals surface area contributed by atoms with E-state index in [2.05, 4.69) is 0 Å². The van der Waals surface area contributed by atoms with Crippen molar-refractivity contribution in [2.75, 3.05) is 13.7 Å². The minimum atomic E-state index is -0.511. The first-order chi connectivity index (χ1) is 5.27. The van der Waals surface area contributed by atoms with Crippen LogP contribution in [0.3, 0.4) is 0 Å². The largest absolute Gasteiger partial charge is 0.396 e. The monoisotopic (exact) mass is 158 g/mol. The fourth-order valence-electron chi connectivity index (χ4n) is 1.28. The van der Waals surface area contributed by atoms with E-state index in [0.29, 0.717) is 6.42 Å². The van der Waals surface area contributed by atoms with Crippen molar-refractivity contribution in [1.29, 1.82) is 0 Å². The Hall–Kier alpha value is -0.380. The van der Waals surface area contributed by atoms with Gasteiger partial charge in [0.25, 0.3) is 0 Å². The Kier molecular flexibility index (Phi) is 3.05. The van der Waals surface area contributed by atoms with Crippen molar-refractivity contribution in [3.05, 3.63) is 12.2 Å². The second-order valence-electron chi connectivity index (χ2n) is 2.83. The number of methoxy groups -OCH3 is 1. The Bertz CT molecular complexity index is 144. The zero-order valence-electron chi connectivity index (χ0n) is 6.60. The van der Waals surface area contributed by atoms with E-state index in [4.69, 9.17) is 9.84 Å². The van der Waals surface area contributed by atoms with E-state index in [1.165, 1.54) is 0 Å². The molecule has 1 aliphatic rings. The molecule has 0 fully saturated rings. The molecule has 1 rings (SSSR count). The normalized spacial score (nSPS) is 37.5.